The van der Waals surface area contributed by atoms with E-state index in [0.717, 1.165) is 5.69 Å². The van der Waals surface area contributed by atoms with E-state index in [1.807, 2.05) is 24.3 Å². The minimum atomic E-state index is -1.06. The van der Waals surface area contributed by atoms with E-state index >= 15 is 0 Å². The van der Waals surface area contributed by atoms with Crippen molar-refractivity contribution in [2.75, 3.05) is 10.2 Å². The number of benzene rings is 2. The number of hydrogen-bond donors (Lipinski definition) is 2. The first-order chi connectivity index (χ1) is 10.5. The van der Waals surface area contributed by atoms with Gasteiger partial charge in [0, 0.05) is 11.6 Å². The summed E-state index contributed by atoms with van der Waals surface area (Å²) in [6, 6.07) is 12.6. The van der Waals surface area contributed by atoms with Crippen molar-refractivity contribution in [3.8, 4) is 0 Å². The maximum Gasteiger partial charge on any atom is 0.295 e. The van der Waals surface area contributed by atoms with Crippen molar-refractivity contribution in [3.05, 3.63) is 69.9 Å². The van der Waals surface area contributed by atoms with E-state index in [-0.39, 0.29) is 5.76 Å². The Kier molecular flexibility index (Phi) is 2.71. The highest BCUT2D eigenvalue weighted by Gasteiger charge is 2.53. The van der Waals surface area contributed by atoms with Crippen LogP contribution in [0.25, 0.3) is 0 Å². The standard InChI is InChI=1S/C16H10Cl2N2O2/c17-10-5-3-4-9(14(10)18)16-8-13(21)15(22)20(16)12-7-2-1-6-11(12)19-16/h1-8,19,21H. The van der Waals surface area contributed by atoms with E-state index in [1.54, 1.807) is 18.2 Å². The van der Waals surface area contributed by atoms with Gasteiger partial charge in [-0.25, -0.2) is 0 Å². The molecule has 1 amide bonds. The number of para-hydroxylation sites is 2. The van der Waals surface area contributed by atoms with Gasteiger partial charge in [-0.1, -0.05) is 47.5 Å². The van der Waals surface area contributed by atoms with Crippen LogP contribution in [0, 0.1) is 0 Å². The van der Waals surface area contributed by atoms with Crippen molar-refractivity contribution < 1.29 is 9.90 Å². The molecule has 2 N–H and O–H groups in total. The topological polar surface area (TPSA) is 52.6 Å². The first kappa shape index (κ1) is 13.5. The van der Waals surface area contributed by atoms with Crippen LogP contribution >= 0.6 is 23.2 Å². The molecule has 2 aliphatic heterocycles. The molecule has 2 aromatic carbocycles. The number of hydrogen-bond acceptors (Lipinski definition) is 3. The fraction of sp³-hybridized carbons (Fsp3) is 0.0625. The SMILES string of the molecule is O=C1C(O)=CC2(c3cccc(Cl)c3Cl)Nc3ccccc3N12. The second kappa shape index (κ2) is 4.41. The van der Waals surface area contributed by atoms with Crippen LogP contribution in [0.5, 0.6) is 0 Å². The largest absolute Gasteiger partial charge is 0.503 e. The molecule has 0 fully saturated rings. The minimum Gasteiger partial charge on any atom is -0.503 e. The second-order valence-corrected chi connectivity index (χ2v) is 5.97. The Morgan fingerprint density at radius 1 is 1.09 bits per heavy atom. The molecule has 4 nitrogen and oxygen atoms in total. The van der Waals surface area contributed by atoms with Gasteiger partial charge in [0.1, 0.15) is 0 Å². The Labute approximate surface area is 136 Å². The number of nitrogens with one attached hydrogen (secondary N) is 1. The molecule has 2 heterocycles. The minimum absolute atomic E-state index is 0.321. The smallest absolute Gasteiger partial charge is 0.295 e. The third kappa shape index (κ3) is 1.56. The lowest BCUT2D eigenvalue weighted by molar-refractivity contribution is -0.117. The van der Waals surface area contributed by atoms with E-state index < -0.39 is 11.6 Å². The fourth-order valence-electron chi connectivity index (χ4n) is 3.03. The predicted molar refractivity (Wildman–Crippen MR) is 86.4 cm³/mol. The summed E-state index contributed by atoms with van der Waals surface area (Å²) in [4.78, 5) is 13.9. The zero-order chi connectivity index (χ0) is 15.5. The van der Waals surface area contributed by atoms with Crippen LogP contribution < -0.4 is 10.2 Å². The van der Waals surface area contributed by atoms with Gasteiger partial charge in [-0.05, 0) is 18.2 Å². The normalized spacial score (nSPS) is 22.2. The molecule has 0 saturated heterocycles. The van der Waals surface area contributed by atoms with Crippen molar-refractivity contribution in [2.45, 2.75) is 5.66 Å². The molecule has 0 spiro atoms. The number of carbonyl (C=O) groups is 1. The van der Waals surface area contributed by atoms with Gasteiger partial charge in [0.25, 0.3) is 5.91 Å². The Morgan fingerprint density at radius 3 is 2.68 bits per heavy atom. The van der Waals surface area contributed by atoms with Gasteiger partial charge in [0.2, 0.25) is 0 Å². The molecule has 0 radical (unpaired) electrons. The molecule has 0 aromatic heterocycles. The number of aliphatic hydroxyl groups excluding tert-OH is 1. The van der Waals surface area contributed by atoms with Crippen molar-refractivity contribution in [1.82, 2.24) is 0 Å². The van der Waals surface area contributed by atoms with Crippen molar-refractivity contribution in [2.24, 2.45) is 0 Å². The lowest BCUT2D eigenvalue weighted by Gasteiger charge is -2.32. The van der Waals surface area contributed by atoms with Crippen LogP contribution in [-0.2, 0) is 10.5 Å². The number of carbonyl (C=O) groups excluding carboxylic acids is 1. The third-order valence-corrected chi connectivity index (χ3v) is 4.77. The molecule has 2 aromatic rings. The van der Waals surface area contributed by atoms with Crippen molar-refractivity contribution >= 4 is 40.5 Å². The van der Waals surface area contributed by atoms with Crippen LogP contribution in [0.4, 0.5) is 11.4 Å². The van der Waals surface area contributed by atoms with Gasteiger partial charge in [-0.3, -0.25) is 9.69 Å². The number of rotatable bonds is 1. The highest BCUT2D eigenvalue weighted by Crippen LogP contribution is 2.51. The average molecular weight is 333 g/mol. The number of aliphatic hydroxyl groups is 1. The van der Waals surface area contributed by atoms with E-state index in [1.165, 1.54) is 11.0 Å². The Bertz CT molecular complexity index is 850. The summed E-state index contributed by atoms with van der Waals surface area (Å²) in [6.07, 6.45) is 1.47. The zero-order valence-corrected chi connectivity index (χ0v) is 12.7. The number of amides is 1. The van der Waals surface area contributed by atoms with Crippen LogP contribution in [0.3, 0.4) is 0 Å². The summed E-state index contributed by atoms with van der Waals surface area (Å²) >= 11 is 12.5. The molecular formula is C16H10Cl2N2O2. The molecule has 2 aliphatic rings. The Balaban J connectivity index is 2.00. The monoisotopic (exact) mass is 332 g/mol. The number of halogens is 2. The quantitative estimate of drug-likeness (QED) is 0.827. The van der Waals surface area contributed by atoms with Crippen LogP contribution in [-0.4, -0.2) is 11.0 Å². The maximum absolute atomic E-state index is 12.4. The molecule has 6 heteroatoms. The predicted octanol–water partition coefficient (Wildman–Crippen LogP) is 4.06. The number of fused-ring (bicyclic) bond motifs is 3. The molecule has 1 atom stereocenters. The van der Waals surface area contributed by atoms with Gasteiger partial charge in [-0.15, -0.1) is 0 Å². The molecule has 0 aliphatic carbocycles. The van der Waals surface area contributed by atoms with Crippen LogP contribution in [0.1, 0.15) is 5.56 Å². The summed E-state index contributed by atoms with van der Waals surface area (Å²) in [5.74, 6) is -0.800. The molecule has 4 rings (SSSR count). The lowest BCUT2D eigenvalue weighted by atomic mass is 10.00. The molecule has 0 bridgehead atoms. The van der Waals surface area contributed by atoms with Gasteiger partial charge in [-0.2, -0.15) is 0 Å². The van der Waals surface area contributed by atoms with Gasteiger partial charge in [0.15, 0.2) is 11.4 Å². The molecular weight excluding hydrogens is 323 g/mol. The summed E-state index contributed by atoms with van der Waals surface area (Å²) in [5.41, 5.74) is 1.02. The first-order valence-corrected chi connectivity index (χ1v) is 7.38. The Morgan fingerprint density at radius 2 is 1.86 bits per heavy atom. The van der Waals surface area contributed by atoms with Crippen molar-refractivity contribution in [1.29, 1.82) is 0 Å². The highest BCUT2D eigenvalue weighted by atomic mass is 35.5. The molecule has 22 heavy (non-hydrogen) atoms. The third-order valence-electron chi connectivity index (χ3n) is 3.95. The molecule has 1 unspecified atom stereocenters. The van der Waals surface area contributed by atoms with E-state index in [2.05, 4.69) is 5.32 Å². The van der Waals surface area contributed by atoms with Crippen molar-refractivity contribution in [3.63, 3.8) is 0 Å². The molecule has 110 valence electrons. The van der Waals surface area contributed by atoms with E-state index in [4.69, 9.17) is 23.2 Å². The van der Waals surface area contributed by atoms with Gasteiger partial charge >= 0.3 is 0 Å². The Hall–Kier alpha value is -2.17. The maximum atomic E-state index is 12.4. The van der Waals surface area contributed by atoms with Gasteiger partial charge < -0.3 is 10.4 Å². The lowest BCUT2D eigenvalue weighted by Crippen LogP contribution is -2.45. The number of nitrogens with zero attached hydrogens (tertiary/aromatic N) is 1. The zero-order valence-electron chi connectivity index (χ0n) is 11.2. The summed E-state index contributed by atoms with van der Waals surface area (Å²) in [7, 11) is 0. The summed E-state index contributed by atoms with van der Waals surface area (Å²) < 4.78 is 0. The highest BCUT2D eigenvalue weighted by molar-refractivity contribution is 6.42. The summed E-state index contributed by atoms with van der Waals surface area (Å²) in [5, 5.41) is 14.0. The van der Waals surface area contributed by atoms with E-state index in [9.17, 15) is 9.90 Å². The number of anilines is 2. The van der Waals surface area contributed by atoms with E-state index in [0.29, 0.717) is 21.3 Å². The summed E-state index contributed by atoms with van der Waals surface area (Å²) in [6.45, 7) is 0. The van der Waals surface area contributed by atoms with Crippen LogP contribution in [0.15, 0.2) is 54.3 Å². The van der Waals surface area contributed by atoms with Gasteiger partial charge in [0.05, 0.1) is 21.4 Å². The van der Waals surface area contributed by atoms with Crippen LogP contribution in [0.2, 0.25) is 10.0 Å². The fourth-order valence-corrected chi connectivity index (χ4v) is 3.48. The average Bonchev–Trinajstić information content (AvgIpc) is 2.95. The second-order valence-electron chi connectivity index (χ2n) is 5.18. The molecule has 0 saturated carbocycles. The first-order valence-electron chi connectivity index (χ1n) is 6.63.